The number of anilines is 1. The number of carbonyl (C=O) groups is 2. The number of ether oxygens (including phenoxy) is 1. The van der Waals surface area contributed by atoms with Crippen LogP contribution in [0.2, 0.25) is 0 Å². The number of hydrogen-bond acceptors (Lipinski definition) is 4. The summed E-state index contributed by atoms with van der Waals surface area (Å²) < 4.78 is 5.17. The van der Waals surface area contributed by atoms with E-state index in [-0.39, 0.29) is 17.3 Å². The zero-order valence-electron chi connectivity index (χ0n) is 17.5. The van der Waals surface area contributed by atoms with E-state index in [2.05, 4.69) is 38.2 Å². The van der Waals surface area contributed by atoms with Crippen molar-refractivity contribution in [3.8, 4) is 0 Å². The molecule has 0 saturated carbocycles. The standard InChI is InChI=1S/C23H29NO3S/c1-7-18-15(3)28-21(20(18)22(26)27-8-2)24-19(25)14-11-16-9-12-17(13-10-16)23(4,5)6/h9-14H,7-8H2,1-6H3,(H,24,25)/b14-11+. The fraction of sp³-hybridized carbons (Fsp3) is 0.391. The first-order valence-electron chi connectivity index (χ1n) is 9.56. The lowest BCUT2D eigenvalue weighted by Gasteiger charge is -2.18. The van der Waals surface area contributed by atoms with Gasteiger partial charge in [0.05, 0.1) is 12.2 Å². The van der Waals surface area contributed by atoms with E-state index in [1.807, 2.05) is 26.0 Å². The molecule has 0 radical (unpaired) electrons. The van der Waals surface area contributed by atoms with Gasteiger partial charge in [-0.1, -0.05) is 52.0 Å². The van der Waals surface area contributed by atoms with Gasteiger partial charge in [0.25, 0.3) is 0 Å². The summed E-state index contributed by atoms with van der Waals surface area (Å²) in [4.78, 5) is 25.8. The van der Waals surface area contributed by atoms with Crippen LogP contribution < -0.4 is 5.32 Å². The number of aryl methyl sites for hydroxylation is 1. The minimum Gasteiger partial charge on any atom is -0.462 e. The van der Waals surface area contributed by atoms with Crippen LogP contribution in [-0.2, 0) is 21.4 Å². The van der Waals surface area contributed by atoms with Gasteiger partial charge in [-0.15, -0.1) is 11.3 Å². The summed E-state index contributed by atoms with van der Waals surface area (Å²) in [7, 11) is 0. The number of nitrogens with one attached hydrogen (secondary N) is 1. The molecule has 0 saturated heterocycles. The normalized spacial score (nSPS) is 11.6. The van der Waals surface area contributed by atoms with Crippen molar-refractivity contribution in [1.29, 1.82) is 0 Å². The van der Waals surface area contributed by atoms with Crippen LogP contribution >= 0.6 is 11.3 Å². The molecule has 0 unspecified atom stereocenters. The number of benzene rings is 1. The summed E-state index contributed by atoms with van der Waals surface area (Å²) in [6.45, 7) is 12.5. The van der Waals surface area contributed by atoms with E-state index in [9.17, 15) is 9.59 Å². The van der Waals surface area contributed by atoms with Crippen molar-refractivity contribution >= 4 is 34.3 Å². The van der Waals surface area contributed by atoms with Crippen molar-refractivity contribution in [2.75, 3.05) is 11.9 Å². The Hall–Kier alpha value is -2.40. The number of esters is 1. The summed E-state index contributed by atoms with van der Waals surface area (Å²) in [6.07, 6.45) is 3.97. The Labute approximate surface area is 171 Å². The molecule has 1 aromatic heterocycles. The fourth-order valence-electron chi connectivity index (χ4n) is 2.93. The summed E-state index contributed by atoms with van der Waals surface area (Å²) >= 11 is 1.41. The molecule has 2 rings (SSSR count). The molecule has 0 atom stereocenters. The van der Waals surface area contributed by atoms with Crippen molar-refractivity contribution in [2.24, 2.45) is 0 Å². The molecule has 0 aliphatic carbocycles. The van der Waals surface area contributed by atoms with Crippen LogP contribution in [0.1, 0.15) is 66.5 Å². The van der Waals surface area contributed by atoms with Gasteiger partial charge < -0.3 is 10.1 Å². The highest BCUT2D eigenvalue weighted by Crippen LogP contribution is 2.34. The molecular formula is C23H29NO3S. The van der Waals surface area contributed by atoms with Crippen molar-refractivity contribution in [3.05, 3.63) is 57.5 Å². The van der Waals surface area contributed by atoms with Gasteiger partial charge >= 0.3 is 5.97 Å². The third-order valence-corrected chi connectivity index (χ3v) is 5.55. The monoisotopic (exact) mass is 399 g/mol. The average molecular weight is 400 g/mol. The van der Waals surface area contributed by atoms with E-state index in [0.29, 0.717) is 23.6 Å². The Morgan fingerprint density at radius 1 is 1.14 bits per heavy atom. The molecule has 1 N–H and O–H groups in total. The molecule has 1 aromatic carbocycles. The second-order valence-electron chi connectivity index (χ2n) is 7.61. The molecule has 0 fully saturated rings. The van der Waals surface area contributed by atoms with Crippen LogP contribution in [-0.4, -0.2) is 18.5 Å². The maximum Gasteiger partial charge on any atom is 0.341 e. The predicted octanol–water partition coefficient (Wildman–Crippen LogP) is 5.75. The van der Waals surface area contributed by atoms with Gasteiger partial charge in [0.15, 0.2) is 0 Å². The lowest BCUT2D eigenvalue weighted by atomic mass is 9.87. The average Bonchev–Trinajstić information content (AvgIpc) is 2.94. The molecule has 150 valence electrons. The zero-order valence-corrected chi connectivity index (χ0v) is 18.3. The molecular weight excluding hydrogens is 370 g/mol. The molecule has 0 bridgehead atoms. The first kappa shape index (κ1) is 21.9. The lowest BCUT2D eigenvalue weighted by molar-refractivity contribution is -0.111. The fourth-order valence-corrected chi connectivity index (χ4v) is 4.07. The Morgan fingerprint density at radius 3 is 2.32 bits per heavy atom. The quantitative estimate of drug-likeness (QED) is 0.497. The van der Waals surface area contributed by atoms with Gasteiger partial charge in [0, 0.05) is 11.0 Å². The molecule has 5 heteroatoms. The Kier molecular flexibility index (Phi) is 7.19. The van der Waals surface area contributed by atoms with Crippen molar-refractivity contribution < 1.29 is 14.3 Å². The zero-order chi connectivity index (χ0) is 20.9. The van der Waals surface area contributed by atoms with E-state index in [1.165, 1.54) is 23.0 Å². The summed E-state index contributed by atoms with van der Waals surface area (Å²) in [5.41, 5.74) is 3.69. The molecule has 2 aromatic rings. The minimum atomic E-state index is -0.388. The number of rotatable bonds is 6. The van der Waals surface area contributed by atoms with Crippen molar-refractivity contribution in [3.63, 3.8) is 0 Å². The Morgan fingerprint density at radius 2 is 1.79 bits per heavy atom. The third-order valence-electron chi connectivity index (χ3n) is 4.48. The molecule has 0 aliphatic rings. The van der Waals surface area contributed by atoms with Gasteiger partial charge in [0.1, 0.15) is 5.00 Å². The van der Waals surface area contributed by atoms with Crippen LogP contribution in [0.15, 0.2) is 30.3 Å². The molecule has 1 heterocycles. The van der Waals surface area contributed by atoms with Crippen LogP contribution in [0.4, 0.5) is 5.00 Å². The molecule has 4 nitrogen and oxygen atoms in total. The summed E-state index contributed by atoms with van der Waals surface area (Å²) in [5, 5.41) is 3.39. The van der Waals surface area contributed by atoms with Crippen molar-refractivity contribution in [2.45, 2.75) is 53.4 Å². The summed E-state index contributed by atoms with van der Waals surface area (Å²) in [6, 6.07) is 8.15. The van der Waals surface area contributed by atoms with Crippen LogP contribution in [0.5, 0.6) is 0 Å². The first-order chi connectivity index (χ1) is 13.2. The second-order valence-corrected chi connectivity index (χ2v) is 8.83. The second kappa shape index (κ2) is 9.20. The molecule has 1 amide bonds. The van der Waals surface area contributed by atoms with Crippen LogP contribution in [0, 0.1) is 6.92 Å². The van der Waals surface area contributed by atoms with E-state index in [4.69, 9.17) is 4.74 Å². The predicted molar refractivity (Wildman–Crippen MR) is 117 cm³/mol. The molecule has 0 spiro atoms. The van der Waals surface area contributed by atoms with E-state index in [1.54, 1.807) is 13.0 Å². The topological polar surface area (TPSA) is 55.4 Å². The van der Waals surface area contributed by atoms with Crippen molar-refractivity contribution in [1.82, 2.24) is 0 Å². The maximum absolute atomic E-state index is 12.4. The van der Waals surface area contributed by atoms with E-state index >= 15 is 0 Å². The van der Waals surface area contributed by atoms with Crippen LogP contribution in [0.25, 0.3) is 6.08 Å². The highest BCUT2D eigenvalue weighted by atomic mass is 32.1. The number of thiophene rings is 1. The van der Waals surface area contributed by atoms with E-state index in [0.717, 1.165) is 16.0 Å². The molecule has 0 aliphatic heterocycles. The number of amides is 1. The third kappa shape index (κ3) is 5.32. The molecule has 28 heavy (non-hydrogen) atoms. The highest BCUT2D eigenvalue weighted by Gasteiger charge is 2.23. The van der Waals surface area contributed by atoms with Crippen LogP contribution in [0.3, 0.4) is 0 Å². The first-order valence-corrected chi connectivity index (χ1v) is 10.4. The Bertz CT molecular complexity index is 870. The highest BCUT2D eigenvalue weighted by molar-refractivity contribution is 7.16. The van der Waals surface area contributed by atoms with E-state index < -0.39 is 0 Å². The SMILES string of the molecule is CCOC(=O)c1c(NC(=O)/C=C/c2ccc(C(C)(C)C)cc2)sc(C)c1CC. The van der Waals surface area contributed by atoms with Gasteiger partial charge in [0.2, 0.25) is 5.91 Å². The van der Waals surface area contributed by atoms with Gasteiger partial charge in [-0.2, -0.15) is 0 Å². The largest absolute Gasteiger partial charge is 0.462 e. The van der Waals surface area contributed by atoms with Gasteiger partial charge in [-0.05, 0) is 48.4 Å². The number of hydrogen-bond donors (Lipinski definition) is 1. The van der Waals surface area contributed by atoms with Gasteiger partial charge in [-0.3, -0.25) is 4.79 Å². The number of carbonyl (C=O) groups excluding carboxylic acids is 2. The lowest BCUT2D eigenvalue weighted by Crippen LogP contribution is -2.13. The maximum atomic E-state index is 12.4. The smallest absolute Gasteiger partial charge is 0.341 e. The van der Waals surface area contributed by atoms with Gasteiger partial charge in [-0.25, -0.2) is 4.79 Å². The summed E-state index contributed by atoms with van der Waals surface area (Å²) in [5.74, 6) is -0.657. The Balaban J connectivity index is 2.17. The minimum absolute atomic E-state index is 0.0944.